The van der Waals surface area contributed by atoms with Crippen LogP contribution in [0.15, 0.2) is 340 Å². The molecular formula is C138H102O2. The van der Waals surface area contributed by atoms with Crippen LogP contribution in [0.5, 0.6) is 11.5 Å². The number of hydrogen-bond donors (Lipinski definition) is 0. The van der Waals surface area contributed by atoms with E-state index < -0.39 is 0 Å². The minimum Gasteiger partial charge on any atom is -0.494 e. The number of unbranched alkanes of at least 4 members (excludes halogenated alkanes) is 10. The molecule has 140 heavy (non-hydrogen) atoms. The third kappa shape index (κ3) is 11.9. The zero-order chi connectivity index (χ0) is 92.1. The van der Waals surface area contributed by atoms with Crippen LogP contribution in [0.4, 0.5) is 0 Å². The van der Waals surface area contributed by atoms with E-state index >= 15 is 0 Å². The molecule has 0 atom stereocenters. The van der Waals surface area contributed by atoms with Gasteiger partial charge in [0.15, 0.2) is 0 Å². The molecule has 18 aliphatic carbocycles. The van der Waals surface area contributed by atoms with Crippen molar-refractivity contribution < 1.29 is 9.47 Å². The standard InChI is InChI=1S/C138H102O2/c1-3-5-7-9-11-37-79-139-84-72-69-83(70-73-84)68-65-81-63-66-82(67-64-81)71-74-109-126-114-85-39-13-17-43-89(85)116(90-44-18-14-40-86(90)114)128(126)110(129-117-91-45-19-15-41-87(91)115(127(109)129)88-42-16-20-46-92(88)117)75-76-111-130-118-93-47-21-25-51-97(93)120(98-52-26-22-48-94(98)118)132(130)112(133-121-99-53-27-23-49-95(99)119(131(111)133)96-50-24-28-54-100(96)121)77-78-113-134-122-101-55-29-33-59-105(101)124(106-60-34-30-56-102(106)122)136(134)138(140-80-38-12-10-8-6-4-2)137-125-107-61-35-31-57-103(107)123(135(113)137)104-58-32-36-62-108(104)125/h13-36,39-64,66-67,69-70,72-73,114-125H,3-12,37-38,79-80H2,1-2H3. The Morgan fingerprint density at radius 3 is 0.507 bits per heavy atom. The normalized spacial score (nSPS) is 20.0. The van der Waals surface area contributed by atoms with Crippen LogP contribution in [0.1, 0.15) is 407 Å². The summed E-state index contributed by atoms with van der Waals surface area (Å²) in [6.07, 6.45) is 14.5. The molecule has 2 nitrogen and oxygen atoms in total. The molecule has 666 valence electrons. The van der Waals surface area contributed by atoms with Crippen LogP contribution < -0.4 is 9.47 Å². The van der Waals surface area contributed by atoms with E-state index in [4.69, 9.17) is 9.47 Å². The molecule has 0 unspecified atom stereocenters. The predicted molar refractivity (Wildman–Crippen MR) is 563 cm³/mol. The maximum Gasteiger partial charge on any atom is 0.128 e. The Morgan fingerprint density at radius 2 is 0.307 bits per heavy atom. The van der Waals surface area contributed by atoms with Crippen LogP contribution in [-0.4, -0.2) is 13.2 Å². The summed E-state index contributed by atoms with van der Waals surface area (Å²) in [4.78, 5) is 0. The lowest BCUT2D eigenvalue weighted by atomic mass is 9.53. The minimum absolute atomic E-state index is 0.0740. The minimum atomic E-state index is -0.178. The second-order valence-corrected chi connectivity index (χ2v) is 41.2. The summed E-state index contributed by atoms with van der Waals surface area (Å²) in [5, 5.41) is 0. The molecule has 35 rings (SSSR count). The van der Waals surface area contributed by atoms with Crippen molar-refractivity contribution in [2.24, 2.45) is 0 Å². The molecule has 0 saturated heterocycles. The number of ether oxygens (including phenoxy) is 2. The largest absolute Gasteiger partial charge is 0.494 e. The lowest BCUT2D eigenvalue weighted by Gasteiger charge is -2.49. The predicted octanol–water partition coefficient (Wildman–Crippen LogP) is 30.7. The molecule has 12 bridgehead atoms. The van der Waals surface area contributed by atoms with E-state index in [0.29, 0.717) is 6.61 Å². The van der Waals surface area contributed by atoms with Crippen LogP contribution >= 0.6 is 0 Å². The molecule has 0 radical (unpaired) electrons. The highest BCUT2D eigenvalue weighted by Crippen LogP contribution is 2.71. The van der Waals surface area contributed by atoms with Gasteiger partial charge in [-0.15, -0.1) is 0 Å². The topological polar surface area (TPSA) is 18.5 Å². The molecular weight excluding hydrogens is 1690 g/mol. The number of rotatable bonds is 16. The van der Waals surface area contributed by atoms with Gasteiger partial charge in [-0.2, -0.15) is 0 Å². The first-order valence-electron chi connectivity index (χ1n) is 51.9. The summed E-state index contributed by atoms with van der Waals surface area (Å²) in [5.41, 5.74) is 57.1. The first kappa shape index (κ1) is 81.7. The monoisotopic (exact) mass is 1790 g/mol. The van der Waals surface area contributed by atoms with Gasteiger partial charge in [0.05, 0.1) is 13.2 Å². The Kier molecular flexibility index (Phi) is 19.0. The van der Waals surface area contributed by atoms with Crippen molar-refractivity contribution in [3.8, 4) is 58.9 Å². The Morgan fingerprint density at radius 1 is 0.157 bits per heavy atom. The van der Waals surface area contributed by atoms with E-state index in [2.05, 4.69) is 401 Å². The Hall–Kier alpha value is -15.4. The number of benzene rings is 17. The highest BCUT2D eigenvalue weighted by molar-refractivity contribution is 5.89. The smallest absolute Gasteiger partial charge is 0.128 e. The zero-order valence-electron chi connectivity index (χ0n) is 79.0. The van der Waals surface area contributed by atoms with Gasteiger partial charge in [0.25, 0.3) is 0 Å². The average Bonchev–Trinajstić information content (AvgIpc) is 0.668. The highest BCUT2D eigenvalue weighted by atomic mass is 16.5. The maximum atomic E-state index is 7.96. The first-order chi connectivity index (χ1) is 69.6. The molecule has 17 aromatic rings. The third-order valence-electron chi connectivity index (χ3n) is 34.4. The molecule has 0 N–H and O–H groups in total. The Balaban J connectivity index is 0.699. The number of hydrogen-bond acceptors (Lipinski definition) is 2. The summed E-state index contributed by atoms with van der Waals surface area (Å²) in [7, 11) is 0. The second kappa shape index (κ2) is 32.6. The van der Waals surface area contributed by atoms with E-state index in [1.54, 1.807) is 0 Å². The molecule has 0 fully saturated rings. The second-order valence-electron chi connectivity index (χ2n) is 41.2. The lowest BCUT2D eigenvalue weighted by molar-refractivity contribution is 0.295. The molecule has 0 amide bonds. The molecule has 2 heteroatoms. The fourth-order valence-corrected chi connectivity index (χ4v) is 29.0. The van der Waals surface area contributed by atoms with Gasteiger partial charge in [0.1, 0.15) is 11.5 Å². The van der Waals surface area contributed by atoms with E-state index in [1.807, 2.05) is 0 Å². The summed E-state index contributed by atoms with van der Waals surface area (Å²) in [6.45, 7) is 5.98. The van der Waals surface area contributed by atoms with Gasteiger partial charge in [-0.1, -0.05) is 417 Å². The van der Waals surface area contributed by atoms with Crippen LogP contribution in [0.2, 0.25) is 0 Å². The van der Waals surface area contributed by atoms with Gasteiger partial charge in [0, 0.05) is 127 Å². The van der Waals surface area contributed by atoms with Crippen LogP contribution in [0, 0.1) is 47.4 Å². The first-order valence-corrected chi connectivity index (χ1v) is 51.9. The Labute approximate surface area is 822 Å². The van der Waals surface area contributed by atoms with E-state index in [1.165, 1.54) is 264 Å². The molecule has 0 aliphatic heterocycles. The fraction of sp³-hybridized carbons (Fsp3) is 0.203. The van der Waals surface area contributed by atoms with Crippen molar-refractivity contribution in [2.45, 2.75) is 162 Å². The van der Waals surface area contributed by atoms with Crippen LogP contribution in [-0.2, 0) is 0 Å². The fourth-order valence-electron chi connectivity index (χ4n) is 29.0. The van der Waals surface area contributed by atoms with Gasteiger partial charge in [-0.3, -0.25) is 0 Å². The Bertz CT molecular complexity index is 7790. The third-order valence-corrected chi connectivity index (χ3v) is 34.4. The van der Waals surface area contributed by atoms with E-state index in [0.717, 1.165) is 76.3 Å². The highest BCUT2D eigenvalue weighted by Gasteiger charge is 2.56. The van der Waals surface area contributed by atoms with Crippen LogP contribution in [0.25, 0.3) is 0 Å². The van der Waals surface area contributed by atoms with E-state index in [-0.39, 0.29) is 71.0 Å². The molecule has 0 spiro atoms. The van der Waals surface area contributed by atoms with Gasteiger partial charge in [0.2, 0.25) is 0 Å². The van der Waals surface area contributed by atoms with Crippen molar-refractivity contribution in [1.82, 2.24) is 0 Å². The molecule has 17 aromatic carbocycles. The van der Waals surface area contributed by atoms with Gasteiger partial charge >= 0.3 is 0 Å². The van der Waals surface area contributed by atoms with Gasteiger partial charge in [-0.25, -0.2) is 0 Å². The van der Waals surface area contributed by atoms with Crippen molar-refractivity contribution in [1.29, 1.82) is 0 Å². The van der Waals surface area contributed by atoms with Gasteiger partial charge < -0.3 is 9.47 Å². The van der Waals surface area contributed by atoms with Gasteiger partial charge in [-0.05, 0) is 251 Å². The van der Waals surface area contributed by atoms with Crippen molar-refractivity contribution in [3.63, 3.8) is 0 Å². The van der Waals surface area contributed by atoms with Crippen molar-refractivity contribution in [3.05, 3.63) is 585 Å². The van der Waals surface area contributed by atoms with Crippen molar-refractivity contribution >= 4 is 0 Å². The van der Waals surface area contributed by atoms with E-state index in [9.17, 15) is 0 Å². The summed E-state index contributed by atoms with van der Waals surface area (Å²) in [5.74, 6) is 34.2. The maximum absolute atomic E-state index is 7.96. The SMILES string of the molecule is CCCCCCCCOc1ccc(C#Cc2ccc(C#Cc3c4c(c(C#Cc5c6c(c(C#Cc7c8c(c(OCCCCCCCC)c9c7C7c%10ccccc%10C9c9ccccc97)C7c9ccccc9C8c8ccccc87)c7c5C5c8ccccc8C7c7ccccc75)C5c7ccccc7C6c6ccccc65)c5c3C3c6ccccc6C5c5ccccc53)C3c5ccccc5C4c4ccccc43)cc2)cc1. The quantitative estimate of drug-likeness (QED) is 0.0709. The summed E-state index contributed by atoms with van der Waals surface area (Å²) >= 11 is 0. The van der Waals surface area contributed by atoms with Crippen LogP contribution in [0.3, 0.4) is 0 Å². The van der Waals surface area contributed by atoms with Crippen molar-refractivity contribution in [2.75, 3.05) is 13.2 Å². The average molecular weight is 1790 g/mol. The molecule has 0 saturated carbocycles. The molecule has 0 aromatic heterocycles. The zero-order valence-corrected chi connectivity index (χ0v) is 79.0. The lowest BCUT2D eigenvalue weighted by Crippen LogP contribution is -2.35. The molecule has 18 aliphatic rings. The summed E-state index contributed by atoms with van der Waals surface area (Å²) in [6, 6.07) is 131. The molecule has 0 heterocycles. The summed E-state index contributed by atoms with van der Waals surface area (Å²) < 4.78 is 14.1.